The van der Waals surface area contributed by atoms with Gasteiger partial charge < -0.3 is 0 Å². The zero-order chi connectivity index (χ0) is 21.0. The molecular formula is C30H28. The summed E-state index contributed by atoms with van der Waals surface area (Å²) in [6, 6.07) is 23.4. The lowest BCUT2D eigenvalue weighted by atomic mass is 9.76. The Labute approximate surface area is 178 Å². The van der Waals surface area contributed by atoms with Crippen molar-refractivity contribution in [2.24, 2.45) is 0 Å². The van der Waals surface area contributed by atoms with Crippen LogP contribution in [0.2, 0.25) is 0 Å². The molecule has 0 saturated heterocycles. The van der Waals surface area contributed by atoms with E-state index in [4.69, 9.17) is 0 Å². The second-order valence-electron chi connectivity index (χ2n) is 11.1. The molecule has 0 aliphatic carbocycles. The minimum absolute atomic E-state index is 0.101. The van der Waals surface area contributed by atoms with Gasteiger partial charge in [-0.15, -0.1) is 0 Å². The molecule has 0 atom stereocenters. The minimum atomic E-state index is 0.101. The largest absolute Gasteiger partial charge is 0.0610 e. The van der Waals surface area contributed by atoms with E-state index < -0.39 is 0 Å². The highest BCUT2D eigenvalue weighted by Gasteiger charge is 2.25. The molecule has 30 heavy (non-hydrogen) atoms. The Morgan fingerprint density at radius 2 is 0.833 bits per heavy atom. The fourth-order valence-electron chi connectivity index (χ4n) is 5.63. The van der Waals surface area contributed by atoms with Crippen LogP contribution in [0.1, 0.15) is 52.7 Å². The number of hydrogen-bond donors (Lipinski definition) is 0. The van der Waals surface area contributed by atoms with Crippen molar-refractivity contribution in [1.82, 2.24) is 0 Å². The Bertz CT molecular complexity index is 1460. The zero-order valence-corrected chi connectivity index (χ0v) is 18.8. The summed E-state index contributed by atoms with van der Waals surface area (Å²) < 4.78 is 0. The van der Waals surface area contributed by atoms with Crippen molar-refractivity contribution < 1.29 is 0 Å². The molecule has 6 aromatic carbocycles. The lowest BCUT2D eigenvalue weighted by molar-refractivity contribution is 0.596. The lowest BCUT2D eigenvalue weighted by Gasteiger charge is -2.27. The third-order valence-corrected chi connectivity index (χ3v) is 6.94. The maximum Gasteiger partial charge on any atom is -0.00139 e. The maximum atomic E-state index is 2.45. The van der Waals surface area contributed by atoms with Crippen LogP contribution in [0.15, 0.2) is 60.7 Å². The van der Waals surface area contributed by atoms with Gasteiger partial charge in [-0.1, -0.05) is 77.9 Å². The molecule has 6 rings (SSSR count). The van der Waals surface area contributed by atoms with Gasteiger partial charge in [0, 0.05) is 0 Å². The van der Waals surface area contributed by atoms with Crippen LogP contribution in [0.25, 0.3) is 53.9 Å². The molecule has 0 heterocycles. The lowest BCUT2D eigenvalue weighted by Crippen LogP contribution is -2.13. The summed E-state index contributed by atoms with van der Waals surface area (Å²) >= 11 is 0. The Balaban J connectivity index is 1.98. The molecule has 0 nitrogen and oxygen atoms in total. The summed E-state index contributed by atoms with van der Waals surface area (Å²) in [6.45, 7) is 14.0. The predicted octanol–water partition coefficient (Wildman–Crippen LogP) is 8.92. The zero-order valence-electron chi connectivity index (χ0n) is 18.8. The summed E-state index contributed by atoms with van der Waals surface area (Å²) in [7, 11) is 0. The van der Waals surface area contributed by atoms with Crippen LogP contribution < -0.4 is 0 Å². The molecule has 0 heteroatoms. The fraction of sp³-hybridized carbons (Fsp3) is 0.267. The topological polar surface area (TPSA) is 0 Å². The molecular weight excluding hydrogens is 360 g/mol. The van der Waals surface area contributed by atoms with E-state index in [1.807, 2.05) is 0 Å². The van der Waals surface area contributed by atoms with Gasteiger partial charge in [-0.05, 0) is 100 Å². The quantitative estimate of drug-likeness (QED) is 0.180. The highest BCUT2D eigenvalue weighted by Crippen LogP contribution is 2.47. The summed E-state index contributed by atoms with van der Waals surface area (Å²) in [4.78, 5) is 0. The van der Waals surface area contributed by atoms with Crippen LogP contribution in [-0.2, 0) is 10.8 Å². The molecule has 148 valence electrons. The van der Waals surface area contributed by atoms with Crippen LogP contribution in [0, 0.1) is 0 Å². The Kier molecular flexibility index (Phi) is 3.25. The fourth-order valence-corrected chi connectivity index (χ4v) is 5.63. The molecule has 0 radical (unpaired) electrons. The van der Waals surface area contributed by atoms with E-state index in [2.05, 4.69) is 102 Å². The third-order valence-electron chi connectivity index (χ3n) is 6.94. The normalized spacial score (nSPS) is 13.7. The van der Waals surface area contributed by atoms with Gasteiger partial charge >= 0.3 is 0 Å². The number of benzene rings is 6. The second-order valence-corrected chi connectivity index (χ2v) is 11.1. The third kappa shape index (κ3) is 2.23. The van der Waals surface area contributed by atoms with Crippen molar-refractivity contribution in [2.75, 3.05) is 0 Å². The number of hydrogen-bond acceptors (Lipinski definition) is 0. The molecule has 0 aliphatic heterocycles. The summed E-state index contributed by atoms with van der Waals surface area (Å²) in [5, 5.41) is 14.0. The average molecular weight is 389 g/mol. The summed E-state index contributed by atoms with van der Waals surface area (Å²) in [6.07, 6.45) is 0. The van der Waals surface area contributed by atoms with Crippen LogP contribution >= 0.6 is 0 Å². The minimum Gasteiger partial charge on any atom is -0.0610 e. The van der Waals surface area contributed by atoms with E-state index in [1.165, 1.54) is 65.0 Å². The Hall–Kier alpha value is -2.86. The van der Waals surface area contributed by atoms with E-state index >= 15 is 0 Å². The smallest absolute Gasteiger partial charge is 0.00139 e. The van der Waals surface area contributed by atoms with Crippen molar-refractivity contribution in [3.8, 4) is 0 Å². The van der Waals surface area contributed by atoms with E-state index in [1.54, 1.807) is 0 Å². The monoisotopic (exact) mass is 388 g/mol. The highest BCUT2D eigenvalue weighted by molar-refractivity contribution is 6.37. The van der Waals surface area contributed by atoms with E-state index in [0.717, 1.165) is 0 Å². The molecule has 0 bridgehead atoms. The van der Waals surface area contributed by atoms with Crippen LogP contribution in [0.5, 0.6) is 0 Å². The van der Waals surface area contributed by atoms with E-state index in [9.17, 15) is 0 Å². The van der Waals surface area contributed by atoms with Crippen LogP contribution in [0.3, 0.4) is 0 Å². The average Bonchev–Trinajstić information content (AvgIpc) is 2.67. The van der Waals surface area contributed by atoms with Gasteiger partial charge in [0.25, 0.3) is 0 Å². The van der Waals surface area contributed by atoms with Crippen molar-refractivity contribution in [3.63, 3.8) is 0 Å². The summed E-state index contributed by atoms with van der Waals surface area (Å²) in [5.41, 5.74) is 3.08. The van der Waals surface area contributed by atoms with Crippen molar-refractivity contribution in [2.45, 2.75) is 52.4 Å². The first-order valence-electron chi connectivity index (χ1n) is 11.0. The van der Waals surface area contributed by atoms with Crippen molar-refractivity contribution in [1.29, 1.82) is 0 Å². The van der Waals surface area contributed by atoms with Gasteiger partial charge in [0.2, 0.25) is 0 Å². The van der Waals surface area contributed by atoms with Gasteiger partial charge in [0.05, 0.1) is 0 Å². The van der Waals surface area contributed by atoms with Crippen molar-refractivity contribution in [3.05, 3.63) is 71.8 Å². The first-order chi connectivity index (χ1) is 14.1. The van der Waals surface area contributed by atoms with Gasteiger partial charge in [0.1, 0.15) is 0 Å². The van der Waals surface area contributed by atoms with E-state index in [-0.39, 0.29) is 10.8 Å². The Morgan fingerprint density at radius 1 is 0.433 bits per heavy atom. The van der Waals surface area contributed by atoms with Gasteiger partial charge in [-0.25, -0.2) is 0 Å². The molecule has 0 unspecified atom stereocenters. The molecule has 0 aliphatic rings. The van der Waals surface area contributed by atoms with E-state index in [0.29, 0.717) is 0 Å². The van der Waals surface area contributed by atoms with Crippen molar-refractivity contribution >= 4 is 53.9 Å². The molecule has 0 saturated carbocycles. The highest BCUT2D eigenvalue weighted by atomic mass is 14.3. The molecule has 0 aromatic heterocycles. The maximum absolute atomic E-state index is 2.45. The number of rotatable bonds is 0. The van der Waals surface area contributed by atoms with Gasteiger partial charge in [0.15, 0.2) is 0 Å². The summed E-state index contributed by atoms with van der Waals surface area (Å²) in [5.74, 6) is 0. The standard InChI is InChI=1S/C30H28/c1-29(2,3)23-15-19-13-18-10-8-12-22-24(30(4,5)6)16-20-14-17-9-7-11-21(23)25(17)27(19)28(20)26(18)22/h7-16H,1-6H3. The second kappa shape index (κ2) is 5.43. The van der Waals surface area contributed by atoms with Gasteiger partial charge in [-0.2, -0.15) is 0 Å². The Morgan fingerprint density at radius 3 is 1.20 bits per heavy atom. The molecule has 0 N–H and O–H groups in total. The first-order valence-corrected chi connectivity index (χ1v) is 11.0. The van der Waals surface area contributed by atoms with Crippen LogP contribution in [-0.4, -0.2) is 0 Å². The predicted molar refractivity (Wildman–Crippen MR) is 134 cm³/mol. The molecule has 6 aromatic rings. The van der Waals surface area contributed by atoms with Gasteiger partial charge in [-0.3, -0.25) is 0 Å². The van der Waals surface area contributed by atoms with Crippen LogP contribution in [0.4, 0.5) is 0 Å². The SMILES string of the molecule is CC(C)(C)c1cc2cc3cccc4c(C(C)(C)C)cc5cc6cccc1c6c2c5c34. The molecule has 0 amide bonds. The molecule has 0 spiro atoms. The first kappa shape index (κ1) is 18.0. The molecule has 0 fully saturated rings.